The fourth-order valence-electron chi connectivity index (χ4n) is 2.84. The fourth-order valence-corrected chi connectivity index (χ4v) is 3.64. The minimum Gasteiger partial charge on any atom is -0.493 e. The van der Waals surface area contributed by atoms with E-state index in [1.807, 2.05) is 11.8 Å². The largest absolute Gasteiger partial charge is 0.493 e. The Morgan fingerprint density at radius 3 is 2.56 bits per heavy atom. The predicted molar refractivity (Wildman–Crippen MR) is 96.9 cm³/mol. The molecule has 0 radical (unpaired) electrons. The van der Waals surface area contributed by atoms with Gasteiger partial charge in [0.2, 0.25) is 5.13 Å². The summed E-state index contributed by atoms with van der Waals surface area (Å²) >= 11 is 1.42. The van der Waals surface area contributed by atoms with Crippen molar-refractivity contribution < 1.29 is 14.3 Å². The van der Waals surface area contributed by atoms with Gasteiger partial charge in [-0.2, -0.15) is 4.37 Å². The van der Waals surface area contributed by atoms with Crippen molar-refractivity contribution in [1.82, 2.24) is 14.3 Å². The molecular formula is C17H22N4O3S. The van der Waals surface area contributed by atoms with Crippen LogP contribution in [0.25, 0.3) is 0 Å². The highest BCUT2D eigenvalue weighted by Gasteiger charge is 2.26. The quantitative estimate of drug-likeness (QED) is 0.811. The van der Waals surface area contributed by atoms with E-state index in [0.29, 0.717) is 30.2 Å². The van der Waals surface area contributed by atoms with Crippen molar-refractivity contribution in [3.05, 3.63) is 29.6 Å². The third-order valence-corrected chi connectivity index (χ3v) is 5.06. The van der Waals surface area contributed by atoms with Crippen molar-refractivity contribution in [1.29, 1.82) is 0 Å². The van der Waals surface area contributed by atoms with Gasteiger partial charge in [0.15, 0.2) is 11.5 Å². The monoisotopic (exact) mass is 362 g/mol. The summed E-state index contributed by atoms with van der Waals surface area (Å²) in [6.07, 6.45) is 0.838. The highest BCUT2D eigenvalue weighted by molar-refractivity contribution is 7.09. The van der Waals surface area contributed by atoms with Gasteiger partial charge >= 0.3 is 0 Å². The Morgan fingerprint density at radius 1 is 1.20 bits per heavy atom. The Labute approximate surface area is 151 Å². The number of aryl methyl sites for hydroxylation is 1. The third kappa shape index (κ3) is 3.53. The summed E-state index contributed by atoms with van der Waals surface area (Å²) in [7, 11) is 3.12. The summed E-state index contributed by atoms with van der Waals surface area (Å²) in [5, 5.41) is 0.933. The number of methoxy groups -OCH3 is 2. The molecule has 1 aromatic heterocycles. The highest BCUT2D eigenvalue weighted by Crippen LogP contribution is 2.31. The number of carbonyl (C=O) groups is 1. The van der Waals surface area contributed by atoms with E-state index in [4.69, 9.17) is 9.47 Å². The van der Waals surface area contributed by atoms with Gasteiger partial charge in [-0.1, -0.05) is 13.0 Å². The topological polar surface area (TPSA) is 67.8 Å². The van der Waals surface area contributed by atoms with Crippen LogP contribution in [0.4, 0.5) is 5.13 Å². The number of hydrogen-bond donors (Lipinski definition) is 0. The number of anilines is 1. The molecule has 0 saturated carbocycles. The SMILES string of the molecule is CCc1nsc(N2CCN(C(=O)c3cccc(OC)c3OC)CC2)n1. The van der Waals surface area contributed by atoms with Gasteiger partial charge in [-0.15, -0.1) is 0 Å². The molecule has 7 nitrogen and oxygen atoms in total. The molecule has 134 valence electrons. The van der Waals surface area contributed by atoms with E-state index in [0.717, 1.165) is 30.5 Å². The van der Waals surface area contributed by atoms with Crippen LogP contribution in [0, 0.1) is 0 Å². The summed E-state index contributed by atoms with van der Waals surface area (Å²) in [5.74, 6) is 1.88. The lowest BCUT2D eigenvalue weighted by atomic mass is 10.1. The van der Waals surface area contributed by atoms with Crippen molar-refractivity contribution in [2.75, 3.05) is 45.3 Å². The molecule has 25 heavy (non-hydrogen) atoms. The first kappa shape index (κ1) is 17.5. The maximum atomic E-state index is 12.9. The van der Waals surface area contributed by atoms with Gasteiger partial charge in [-0.25, -0.2) is 4.98 Å². The summed E-state index contributed by atoms with van der Waals surface area (Å²) < 4.78 is 15.0. The van der Waals surface area contributed by atoms with Crippen LogP contribution >= 0.6 is 11.5 Å². The molecule has 1 amide bonds. The molecule has 1 aromatic carbocycles. The van der Waals surface area contributed by atoms with Crippen LogP contribution in [-0.2, 0) is 6.42 Å². The average molecular weight is 362 g/mol. The number of amides is 1. The van der Waals surface area contributed by atoms with Crippen LogP contribution in [0.1, 0.15) is 23.1 Å². The molecule has 3 rings (SSSR count). The molecule has 0 bridgehead atoms. The molecule has 0 N–H and O–H groups in total. The number of rotatable bonds is 5. The second-order valence-electron chi connectivity index (χ2n) is 5.67. The van der Waals surface area contributed by atoms with Crippen molar-refractivity contribution in [3.8, 4) is 11.5 Å². The van der Waals surface area contributed by atoms with Gasteiger partial charge in [-0.3, -0.25) is 4.79 Å². The highest BCUT2D eigenvalue weighted by atomic mass is 32.1. The van der Waals surface area contributed by atoms with E-state index in [1.54, 1.807) is 32.4 Å². The zero-order valence-electron chi connectivity index (χ0n) is 14.7. The molecule has 0 atom stereocenters. The number of hydrogen-bond acceptors (Lipinski definition) is 7. The van der Waals surface area contributed by atoms with E-state index < -0.39 is 0 Å². The lowest BCUT2D eigenvalue weighted by Gasteiger charge is -2.34. The van der Waals surface area contributed by atoms with Crippen molar-refractivity contribution in [2.24, 2.45) is 0 Å². The van der Waals surface area contributed by atoms with Gasteiger partial charge < -0.3 is 19.3 Å². The Balaban J connectivity index is 1.69. The van der Waals surface area contributed by atoms with E-state index in [1.165, 1.54) is 11.5 Å². The molecule has 2 aromatic rings. The fraction of sp³-hybridized carbons (Fsp3) is 0.471. The summed E-state index contributed by atoms with van der Waals surface area (Å²) in [5.41, 5.74) is 0.527. The first-order chi connectivity index (χ1) is 12.2. The van der Waals surface area contributed by atoms with Gasteiger partial charge in [0.05, 0.1) is 19.8 Å². The van der Waals surface area contributed by atoms with Crippen LogP contribution in [0.3, 0.4) is 0 Å². The first-order valence-electron chi connectivity index (χ1n) is 8.25. The van der Waals surface area contributed by atoms with Gasteiger partial charge in [-0.05, 0) is 12.1 Å². The third-order valence-electron chi connectivity index (χ3n) is 4.24. The smallest absolute Gasteiger partial charge is 0.257 e. The van der Waals surface area contributed by atoms with Crippen molar-refractivity contribution in [3.63, 3.8) is 0 Å². The molecule has 8 heteroatoms. The molecule has 1 fully saturated rings. The number of nitrogens with zero attached hydrogens (tertiary/aromatic N) is 4. The summed E-state index contributed by atoms with van der Waals surface area (Å²) in [6, 6.07) is 5.36. The van der Waals surface area contributed by atoms with Gasteiger partial charge in [0.1, 0.15) is 5.82 Å². The standard InChI is InChI=1S/C17H22N4O3S/c1-4-14-18-17(25-19-14)21-10-8-20(9-11-21)16(22)12-6-5-7-13(23-2)15(12)24-3/h5-7H,4,8-11H2,1-3H3. The van der Waals surface area contributed by atoms with Crippen LogP contribution in [0.5, 0.6) is 11.5 Å². The van der Waals surface area contributed by atoms with Crippen LogP contribution in [0.15, 0.2) is 18.2 Å². The predicted octanol–water partition coefficient (Wildman–Crippen LogP) is 2.08. The Bertz CT molecular complexity index is 741. The lowest BCUT2D eigenvalue weighted by molar-refractivity contribution is 0.0742. The normalized spacial score (nSPS) is 14.5. The molecule has 0 spiro atoms. The number of carbonyl (C=O) groups excluding carboxylic acids is 1. The number of piperazine rings is 1. The minimum absolute atomic E-state index is 0.0399. The first-order valence-corrected chi connectivity index (χ1v) is 9.03. The number of benzene rings is 1. The Morgan fingerprint density at radius 2 is 1.96 bits per heavy atom. The number of aromatic nitrogens is 2. The van der Waals surface area contributed by atoms with Crippen LogP contribution < -0.4 is 14.4 Å². The average Bonchev–Trinajstić information content (AvgIpc) is 3.16. The lowest BCUT2D eigenvalue weighted by Crippen LogP contribution is -2.48. The molecule has 1 aliphatic heterocycles. The van der Waals surface area contributed by atoms with Gasteiger partial charge in [0, 0.05) is 44.1 Å². The zero-order chi connectivity index (χ0) is 17.8. The van der Waals surface area contributed by atoms with E-state index >= 15 is 0 Å². The van der Waals surface area contributed by atoms with E-state index in [2.05, 4.69) is 14.3 Å². The van der Waals surface area contributed by atoms with Crippen molar-refractivity contribution in [2.45, 2.75) is 13.3 Å². The number of ether oxygens (including phenoxy) is 2. The second kappa shape index (κ2) is 7.69. The van der Waals surface area contributed by atoms with Crippen molar-refractivity contribution >= 4 is 22.6 Å². The molecule has 0 aliphatic carbocycles. The van der Waals surface area contributed by atoms with Gasteiger partial charge in [0.25, 0.3) is 5.91 Å². The Kier molecular flexibility index (Phi) is 5.37. The second-order valence-corrected chi connectivity index (χ2v) is 6.40. The van der Waals surface area contributed by atoms with E-state index in [9.17, 15) is 4.79 Å². The maximum absolute atomic E-state index is 12.9. The molecule has 0 unspecified atom stereocenters. The molecule has 1 aliphatic rings. The Hall–Kier alpha value is -2.35. The van der Waals surface area contributed by atoms with E-state index in [-0.39, 0.29) is 5.91 Å². The number of para-hydroxylation sites is 1. The van der Waals surface area contributed by atoms with Crippen LogP contribution in [0.2, 0.25) is 0 Å². The van der Waals surface area contributed by atoms with Crippen LogP contribution in [-0.4, -0.2) is 60.6 Å². The summed E-state index contributed by atoms with van der Waals surface area (Å²) in [4.78, 5) is 21.4. The minimum atomic E-state index is -0.0399. The molecule has 2 heterocycles. The maximum Gasteiger partial charge on any atom is 0.257 e. The summed E-state index contributed by atoms with van der Waals surface area (Å²) in [6.45, 7) is 4.82. The molecular weight excluding hydrogens is 340 g/mol. The molecule has 1 saturated heterocycles. The zero-order valence-corrected chi connectivity index (χ0v) is 15.5.